The molecule has 0 bridgehead atoms. The number of hydrogen-bond donors (Lipinski definition) is 2. The monoisotopic (exact) mass is 259 g/mol. The molecular formula is C16H21NO2. The highest BCUT2D eigenvalue weighted by Crippen LogP contribution is 2.67. The summed E-state index contributed by atoms with van der Waals surface area (Å²) in [6.07, 6.45) is 4.40. The fourth-order valence-corrected chi connectivity index (χ4v) is 3.28. The Bertz CT molecular complexity index is 507. The summed E-state index contributed by atoms with van der Waals surface area (Å²) in [5, 5.41) is 8.95. The lowest BCUT2D eigenvalue weighted by Gasteiger charge is -2.13. The van der Waals surface area contributed by atoms with Crippen molar-refractivity contribution in [3.63, 3.8) is 0 Å². The maximum Gasteiger partial charge on any atom is 0.320 e. The molecule has 2 saturated carbocycles. The summed E-state index contributed by atoms with van der Waals surface area (Å²) < 4.78 is 0. The van der Waals surface area contributed by atoms with Crippen LogP contribution < -0.4 is 5.73 Å². The average Bonchev–Trinajstić information content (AvgIpc) is 3.25. The van der Waals surface area contributed by atoms with Crippen molar-refractivity contribution in [3.8, 4) is 0 Å². The molecule has 3 atom stereocenters. The number of carboxylic acid groups (broad SMARTS) is 1. The van der Waals surface area contributed by atoms with Gasteiger partial charge in [-0.1, -0.05) is 31.2 Å². The van der Waals surface area contributed by atoms with Crippen LogP contribution in [0.5, 0.6) is 0 Å². The van der Waals surface area contributed by atoms with E-state index in [9.17, 15) is 4.79 Å². The minimum atomic E-state index is -0.920. The summed E-state index contributed by atoms with van der Waals surface area (Å²) in [4.78, 5) is 10.9. The second-order valence-corrected chi connectivity index (χ2v) is 6.45. The van der Waals surface area contributed by atoms with Crippen LogP contribution in [0.4, 0.5) is 0 Å². The number of carboxylic acids is 1. The average molecular weight is 259 g/mol. The van der Waals surface area contributed by atoms with Gasteiger partial charge in [0.05, 0.1) is 0 Å². The van der Waals surface area contributed by atoms with Gasteiger partial charge in [0.1, 0.15) is 6.04 Å². The summed E-state index contributed by atoms with van der Waals surface area (Å²) in [6, 6.07) is 7.41. The molecule has 3 N–H and O–H groups in total. The normalized spacial score (nSPS) is 28.7. The van der Waals surface area contributed by atoms with Crippen molar-refractivity contribution >= 4 is 5.97 Å². The number of hydrogen-bond acceptors (Lipinski definition) is 2. The number of aliphatic carboxylic acids is 1. The fraction of sp³-hybridized carbons (Fsp3) is 0.562. The number of nitrogens with two attached hydrogens (primary N) is 1. The molecule has 0 saturated heterocycles. The van der Waals surface area contributed by atoms with Crippen molar-refractivity contribution < 1.29 is 9.90 Å². The van der Waals surface area contributed by atoms with Gasteiger partial charge in [-0.25, -0.2) is 0 Å². The van der Waals surface area contributed by atoms with E-state index in [4.69, 9.17) is 10.8 Å². The topological polar surface area (TPSA) is 63.3 Å². The maximum atomic E-state index is 10.9. The summed E-state index contributed by atoms with van der Waals surface area (Å²) in [5.41, 5.74) is 8.68. The molecule has 1 aromatic carbocycles. The van der Waals surface area contributed by atoms with E-state index in [0.717, 1.165) is 11.5 Å². The molecule has 0 aliphatic heterocycles. The van der Waals surface area contributed by atoms with Crippen LogP contribution in [-0.2, 0) is 11.2 Å². The van der Waals surface area contributed by atoms with Crippen LogP contribution in [0.15, 0.2) is 24.3 Å². The molecule has 3 nitrogen and oxygen atoms in total. The van der Waals surface area contributed by atoms with Crippen LogP contribution in [0.2, 0.25) is 0 Å². The third kappa shape index (κ3) is 2.39. The van der Waals surface area contributed by atoms with Crippen LogP contribution in [0.25, 0.3) is 0 Å². The zero-order valence-corrected chi connectivity index (χ0v) is 11.3. The summed E-state index contributed by atoms with van der Waals surface area (Å²) in [5.74, 6) is 0.510. The molecule has 0 heterocycles. The first-order valence-electron chi connectivity index (χ1n) is 7.07. The Kier molecular flexibility index (Phi) is 2.90. The number of rotatable bonds is 5. The zero-order valence-electron chi connectivity index (χ0n) is 11.3. The summed E-state index contributed by atoms with van der Waals surface area (Å²) in [6.45, 7) is 2.38. The molecule has 0 spiro atoms. The van der Waals surface area contributed by atoms with Crippen molar-refractivity contribution in [2.45, 2.75) is 44.6 Å². The van der Waals surface area contributed by atoms with E-state index in [1.54, 1.807) is 0 Å². The van der Waals surface area contributed by atoms with E-state index < -0.39 is 12.0 Å². The minimum absolute atomic E-state index is 0.436. The van der Waals surface area contributed by atoms with Crippen molar-refractivity contribution in [3.05, 3.63) is 35.4 Å². The van der Waals surface area contributed by atoms with Crippen LogP contribution >= 0.6 is 0 Å². The zero-order chi connectivity index (χ0) is 13.6. The molecular weight excluding hydrogens is 238 g/mol. The number of benzene rings is 1. The molecule has 2 aliphatic rings. The Morgan fingerprint density at radius 3 is 2.79 bits per heavy atom. The van der Waals surface area contributed by atoms with E-state index in [1.807, 2.05) is 12.1 Å². The highest BCUT2D eigenvalue weighted by molar-refractivity contribution is 5.73. The minimum Gasteiger partial charge on any atom is -0.480 e. The first-order valence-corrected chi connectivity index (χ1v) is 7.07. The Balaban J connectivity index is 1.77. The van der Waals surface area contributed by atoms with Gasteiger partial charge < -0.3 is 10.8 Å². The molecule has 2 fully saturated rings. The lowest BCUT2D eigenvalue weighted by atomic mass is 9.93. The molecule has 0 amide bonds. The molecule has 19 heavy (non-hydrogen) atoms. The predicted molar refractivity (Wildman–Crippen MR) is 73.9 cm³/mol. The van der Waals surface area contributed by atoms with E-state index in [2.05, 4.69) is 19.1 Å². The quantitative estimate of drug-likeness (QED) is 0.854. The van der Waals surface area contributed by atoms with Gasteiger partial charge in [-0.3, -0.25) is 4.79 Å². The van der Waals surface area contributed by atoms with Crippen molar-refractivity contribution in [1.29, 1.82) is 0 Å². The Hall–Kier alpha value is -1.35. The molecule has 102 valence electrons. The van der Waals surface area contributed by atoms with E-state index in [-0.39, 0.29) is 0 Å². The molecule has 3 rings (SSSR count). The van der Waals surface area contributed by atoms with Crippen molar-refractivity contribution in [2.24, 2.45) is 17.1 Å². The van der Waals surface area contributed by atoms with E-state index in [1.165, 1.54) is 24.8 Å². The van der Waals surface area contributed by atoms with Gasteiger partial charge in [-0.2, -0.15) is 0 Å². The standard InChI is InChI=1S/C16H21NO2/c1-16(6-7-16)13-9-12(13)11-5-3-2-4-10(11)8-14(17)15(18)19/h2-5,12-14H,6-9,17H2,1H3,(H,18,19)/t12?,13?,14-/m0/s1. The van der Waals surface area contributed by atoms with E-state index in [0.29, 0.717) is 17.8 Å². The molecule has 0 aromatic heterocycles. The highest BCUT2D eigenvalue weighted by atomic mass is 16.4. The second kappa shape index (κ2) is 4.34. The van der Waals surface area contributed by atoms with Crippen LogP contribution in [0.1, 0.15) is 43.2 Å². The Morgan fingerprint density at radius 2 is 2.16 bits per heavy atom. The molecule has 0 radical (unpaired) electrons. The smallest absolute Gasteiger partial charge is 0.320 e. The van der Waals surface area contributed by atoms with Crippen LogP contribution in [0, 0.1) is 11.3 Å². The Morgan fingerprint density at radius 1 is 1.47 bits per heavy atom. The van der Waals surface area contributed by atoms with Gasteiger partial charge in [0, 0.05) is 0 Å². The third-order valence-electron chi connectivity index (χ3n) is 4.94. The molecule has 3 heteroatoms. The second-order valence-electron chi connectivity index (χ2n) is 6.45. The van der Waals surface area contributed by atoms with Gasteiger partial charge >= 0.3 is 5.97 Å². The summed E-state index contributed by atoms with van der Waals surface area (Å²) in [7, 11) is 0. The molecule has 2 unspecified atom stereocenters. The van der Waals surface area contributed by atoms with Gasteiger partial charge in [-0.05, 0) is 54.1 Å². The van der Waals surface area contributed by atoms with Gasteiger partial charge in [0.25, 0.3) is 0 Å². The highest BCUT2D eigenvalue weighted by Gasteiger charge is 2.56. The van der Waals surface area contributed by atoms with Crippen LogP contribution in [0.3, 0.4) is 0 Å². The largest absolute Gasteiger partial charge is 0.480 e. The maximum absolute atomic E-state index is 10.9. The van der Waals surface area contributed by atoms with Crippen molar-refractivity contribution in [2.75, 3.05) is 0 Å². The summed E-state index contributed by atoms with van der Waals surface area (Å²) >= 11 is 0. The van der Waals surface area contributed by atoms with E-state index >= 15 is 0 Å². The van der Waals surface area contributed by atoms with Gasteiger partial charge in [0.2, 0.25) is 0 Å². The predicted octanol–water partition coefficient (Wildman–Crippen LogP) is 2.54. The van der Waals surface area contributed by atoms with Gasteiger partial charge in [-0.15, -0.1) is 0 Å². The SMILES string of the molecule is CC1(C2CC2c2ccccc2C[C@H](N)C(=O)O)CC1. The number of carbonyl (C=O) groups is 1. The lowest BCUT2D eigenvalue weighted by Crippen LogP contribution is -2.32. The first-order chi connectivity index (χ1) is 9.01. The Labute approximate surface area is 113 Å². The van der Waals surface area contributed by atoms with Crippen molar-refractivity contribution in [1.82, 2.24) is 0 Å². The fourth-order valence-electron chi connectivity index (χ4n) is 3.28. The molecule has 2 aliphatic carbocycles. The third-order valence-corrected chi connectivity index (χ3v) is 4.94. The van der Waals surface area contributed by atoms with Gasteiger partial charge in [0.15, 0.2) is 0 Å². The first kappa shape index (κ1) is 12.7. The lowest BCUT2D eigenvalue weighted by molar-refractivity contribution is -0.138. The van der Waals surface area contributed by atoms with Crippen LogP contribution in [-0.4, -0.2) is 17.1 Å². The molecule has 1 aromatic rings.